The van der Waals surface area contributed by atoms with Gasteiger partial charge in [0.1, 0.15) is 18.1 Å². The predicted octanol–water partition coefficient (Wildman–Crippen LogP) is 3.44. The Kier molecular flexibility index (Phi) is 5.58. The highest BCUT2D eigenvalue weighted by atomic mass is 32.1. The lowest BCUT2D eigenvalue weighted by Crippen LogP contribution is -2.20. The summed E-state index contributed by atoms with van der Waals surface area (Å²) < 4.78 is 11.1. The van der Waals surface area contributed by atoms with Gasteiger partial charge in [-0.05, 0) is 36.8 Å². The van der Waals surface area contributed by atoms with E-state index in [1.54, 1.807) is 0 Å². The van der Waals surface area contributed by atoms with Crippen molar-refractivity contribution in [3.63, 3.8) is 0 Å². The fraction of sp³-hybridized carbons (Fsp3) is 0.167. The molecule has 0 unspecified atom stereocenters. The Labute approximate surface area is 149 Å². The minimum atomic E-state index is -0.284. The summed E-state index contributed by atoms with van der Waals surface area (Å²) in [6.45, 7) is 2.18. The van der Waals surface area contributed by atoms with Gasteiger partial charge in [-0.15, -0.1) is 10.2 Å². The number of benzene rings is 2. The number of hydrogen-bond donors (Lipinski definition) is 1. The molecule has 3 aromatic rings. The first kappa shape index (κ1) is 16.9. The van der Waals surface area contributed by atoms with Gasteiger partial charge in [-0.2, -0.15) is 0 Å². The molecule has 25 heavy (non-hydrogen) atoms. The van der Waals surface area contributed by atoms with E-state index in [1.165, 1.54) is 11.3 Å². The smallest absolute Gasteiger partial charge is 0.264 e. The van der Waals surface area contributed by atoms with Gasteiger partial charge in [-0.3, -0.25) is 10.1 Å². The van der Waals surface area contributed by atoms with E-state index >= 15 is 0 Å². The molecule has 0 aliphatic heterocycles. The Morgan fingerprint density at radius 3 is 2.64 bits per heavy atom. The van der Waals surface area contributed by atoms with Crippen LogP contribution in [0.15, 0.2) is 54.6 Å². The van der Waals surface area contributed by atoms with E-state index < -0.39 is 0 Å². The first-order chi connectivity index (χ1) is 12.2. The number of aromatic nitrogens is 2. The van der Waals surface area contributed by atoms with Crippen molar-refractivity contribution in [2.45, 2.75) is 13.5 Å². The lowest BCUT2D eigenvalue weighted by Gasteiger charge is -2.06. The molecular formula is C18H17N3O3S. The maximum absolute atomic E-state index is 11.9. The molecule has 3 rings (SSSR count). The summed E-state index contributed by atoms with van der Waals surface area (Å²) in [5.41, 5.74) is 1.07. The van der Waals surface area contributed by atoms with Gasteiger partial charge in [0.05, 0.1) is 0 Å². The Morgan fingerprint density at radius 2 is 1.84 bits per heavy atom. The quantitative estimate of drug-likeness (QED) is 0.703. The summed E-state index contributed by atoms with van der Waals surface area (Å²) in [6.07, 6.45) is 0. The number of amides is 1. The van der Waals surface area contributed by atoms with Crippen LogP contribution in [0.5, 0.6) is 11.5 Å². The summed E-state index contributed by atoms with van der Waals surface area (Å²) in [6, 6.07) is 17.0. The lowest BCUT2D eigenvalue weighted by molar-refractivity contribution is -0.118. The third-order valence-electron chi connectivity index (χ3n) is 3.18. The second-order valence-electron chi connectivity index (χ2n) is 5.26. The van der Waals surface area contributed by atoms with E-state index in [2.05, 4.69) is 15.5 Å². The summed E-state index contributed by atoms with van der Waals surface area (Å²) in [5, 5.41) is 11.7. The molecule has 0 aliphatic rings. The summed E-state index contributed by atoms with van der Waals surface area (Å²) in [7, 11) is 0. The van der Waals surface area contributed by atoms with Crippen LogP contribution in [0.3, 0.4) is 0 Å². The van der Waals surface area contributed by atoms with Crippen molar-refractivity contribution in [3.05, 3.63) is 65.2 Å². The van der Waals surface area contributed by atoms with Crippen molar-refractivity contribution >= 4 is 22.4 Å². The Hall–Kier alpha value is -2.93. The monoisotopic (exact) mass is 355 g/mol. The Bertz CT molecular complexity index is 836. The van der Waals surface area contributed by atoms with Crippen LogP contribution in [0.4, 0.5) is 5.13 Å². The third-order valence-corrected chi connectivity index (χ3v) is 3.99. The Morgan fingerprint density at radius 1 is 1.04 bits per heavy atom. The van der Waals surface area contributed by atoms with Crippen molar-refractivity contribution in [1.82, 2.24) is 10.2 Å². The van der Waals surface area contributed by atoms with Crippen LogP contribution in [0.1, 0.15) is 10.6 Å². The largest absolute Gasteiger partial charge is 0.486 e. The molecule has 0 spiro atoms. The van der Waals surface area contributed by atoms with Crippen LogP contribution in [-0.2, 0) is 11.4 Å². The van der Waals surface area contributed by atoms with Gasteiger partial charge >= 0.3 is 0 Å². The molecule has 1 N–H and O–H groups in total. The standard InChI is InChI=1S/C18H17N3O3S/c1-13-6-5-9-15(10-13)23-11-16(22)19-18-21-20-17(25-18)12-24-14-7-3-2-4-8-14/h2-10H,11-12H2,1H3,(H,19,21,22). The van der Waals surface area contributed by atoms with Crippen LogP contribution in [0, 0.1) is 6.92 Å². The van der Waals surface area contributed by atoms with Crippen LogP contribution in [0.2, 0.25) is 0 Å². The second-order valence-corrected chi connectivity index (χ2v) is 6.32. The maximum atomic E-state index is 11.9. The number of anilines is 1. The molecule has 128 valence electrons. The van der Waals surface area contributed by atoms with Crippen LogP contribution in [0.25, 0.3) is 0 Å². The van der Waals surface area contributed by atoms with Crippen molar-refractivity contribution < 1.29 is 14.3 Å². The van der Waals surface area contributed by atoms with E-state index in [9.17, 15) is 4.79 Å². The van der Waals surface area contributed by atoms with Gasteiger partial charge in [0, 0.05) is 0 Å². The highest BCUT2D eigenvalue weighted by Crippen LogP contribution is 2.18. The van der Waals surface area contributed by atoms with Gasteiger partial charge in [0.25, 0.3) is 5.91 Å². The number of nitrogens with zero attached hydrogens (tertiary/aromatic N) is 2. The Balaban J connectivity index is 1.46. The number of carbonyl (C=O) groups excluding carboxylic acids is 1. The number of para-hydroxylation sites is 1. The number of aryl methyl sites for hydroxylation is 1. The van der Waals surface area contributed by atoms with E-state index in [4.69, 9.17) is 9.47 Å². The molecule has 7 heteroatoms. The molecule has 0 fully saturated rings. The molecule has 0 saturated carbocycles. The highest BCUT2D eigenvalue weighted by Gasteiger charge is 2.09. The summed E-state index contributed by atoms with van der Waals surface area (Å²) in [4.78, 5) is 11.9. The average Bonchev–Trinajstić information content (AvgIpc) is 3.06. The van der Waals surface area contributed by atoms with Crippen molar-refractivity contribution in [1.29, 1.82) is 0 Å². The topological polar surface area (TPSA) is 73.3 Å². The predicted molar refractivity (Wildman–Crippen MR) is 96.0 cm³/mol. The van der Waals surface area contributed by atoms with E-state index in [0.717, 1.165) is 11.3 Å². The number of carbonyl (C=O) groups is 1. The minimum absolute atomic E-state index is 0.0844. The molecule has 0 bridgehead atoms. The van der Waals surface area contributed by atoms with Gasteiger partial charge in [-0.1, -0.05) is 41.7 Å². The lowest BCUT2D eigenvalue weighted by atomic mass is 10.2. The second kappa shape index (κ2) is 8.25. The van der Waals surface area contributed by atoms with E-state index in [0.29, 0.717) is 22.5 Å². The summed E-state index contributed by atoms with van der Waals surface area (Å²) >= 11 is 1.27. The van der Waals surface area contributed by atoms with E-state index in [1.807, 2.05) is 61.5 Å². The number of hydrogen-bond acceptors (Lipinski definition) is 6. The zero-order valence-corrected chi connectivity index (χ0v) is 14.5. The maximum Gasteiger partial charge on any atom is 0.264 e. The first-order valence-electron chi connectivity index (χ1n) is 7.68. The van der Waals surface area contributed by atoms with Crippen LogP contribution >= 0.6 is 11.3 Å². The van der Waals surface area contributed by atoms with Gasteiger partial charge in [-0.25, -0.2) is 0 Å². The molecule has 0 radical (unpaired) electrons. The molecule has 1 amide bonds. The van der Waals surface area contributed by atoms with Gasteiger partial charge < -0.3 is 9.47 Å². The molecule has 1 heterocycles. The third kappa shape index (κ3) is 5.29. The number of rotatable bonds is 7. The SMILES string of the molecule is Cc1cccc(OCC(=O)Nc2nnc(COc3ccccc3)s2)c1. The number of nitrogens with one attached hydrogen (secondary N) is 1. The molecule has 1 aromatic heterocycles. The van der Waals surface area contributed by atoms with Gasteiger partial charge in [0.15, 0.2) is 11.6 Å². The van der Waals surface area contributed by atoms with E-state index in [-0.39, 0.29) is 12.5 Å². The van der Waals surface area contributed by atoms with Crippen molar-refractivity contribution in [3.8, 4) is 11.5 Å². The molecule has 0 atom stereocenters. The fourth-order valence-corrected chi connectivity index (χ4v) is 2.70. The van der Waals surface area contributed by atoms with Crippen LogP contribution < -0.4 is 14.8 Å². The first-order valence-corrected chi connectivity index (χ1v) is 8.50. The summed E-state index contributed by atoms with van der Waals surface area (Å²) in [5.74, 6) is 1.13. The normalized spacial score (nSPS) is 10.3. The minimum Gasteiger partial charge on any atom is -0.486 e. The zero-order chi connectivity index (χ0) is 17.5. The average molecular weight is 355 g/mol. The molecular weight excluding hydrogens is 338 g/mol. The molecule has 2 aromatic carbocycles. The molecule has 6 nitrogen and oxygen atoms in total. The van der Waals surface area contributed by atoms with Crippen LogP contribution in [-0.4, -0.2) is 22.7 Å². The fourth-order valence-electron chi connectivity index (χ4n) is 2.03. The molecule has 0 aliphatic carbocycles. The van der Waals surface area contributed by atoms with Gasteiger partial charge in [0.2, 0.25) is 5.13 Å². The van der Waals surface area contributed by atoms with Crippen molar-refractivity contribution in [2.75, 3.05) is 11.9 Å². The number of ether oxygens (including phenoxy) is 2. The zero-order valence-electron chi connectivity index (χ0n) is 13.6. The molecule has 0 saturated heterocycles. The highest BCUT2D eigenvalue weighted by molar-refractivity contribution is 7.15. The van der Waals surface area contributed by atoms with Crippen molar-refractivity contribution in [2.24, 2.45) is 0 Å².